The first-order chi connectivity index (χ1) is 14.0. The molecule has 0 aromatic carbocycles. The molecule has 0 spiro atoms. The molecule has 2 rings (SSSR count). The second kappa shape index (κ2) is 15.7. The van der Waals surface area contributed by atoms with Crippen molar-refractivity contribution >= 4 is 43.5 Å². The molecule has 0 radical (unpaired) electrons. The topological polar surface area (TPSA) is 71.9 Å². The first-order valence-corrected chi connectivity index (χ1v) is 10.7. The van der Waals surface area contributed by atoms with Crippen LogP contribution in [0.1, 0.15) is 12.8 Å². The summed E-state index contributed by atoms with van der Waals surface area (Å²) in [5.74, 6) is 1.73. The molecule has 0 aliphatic heterocycles. The highest BCUT2D eigenvalue weighted by Gasteiger charge is 2.06. The Balaban J connectivity index is 0.000000291. The second-order valence-electron chi connectivity index (χ2n) is 5.49. The van der Waals surface area contributed by atoms with Crippen LogP contribution in [0.25, 0.3) is 0 Å². The van der Waals surface area contributed by atoms with Crippen molar-refractivity contribution in [3.05, 3.63) is 38.6 Å². The number of methoxy groups -OCH3 is 3. The van der Waals surface area contributed by atoms with E-state index in [1.807, 2.05) is 6.07 Å². The van der Waals surface area contributed by atoms with Gasteiger partial charge in [-0.2, -0.15) is 0 Å². The third-order valence-electron chi connectivity index (χ3n) is 3.25. The van der Waals surface area contributed by atoms with Crippen LogP contribution in [0.4, 0.5) is 0 Å². The molecular formula is C19H25Br2ClN2O5. The smallest absolute Gasteiger partial charge is 0.256 e. The SMILES string of the molecule is COCCCOc1cc(Br)cnc1Cl.COCCCOc1cc(Br)cnc1OC. The maximum absolute atomic E-state index is 5.82. The Morgan fingerprint density at radius 1 is 0.793 bits per heavy atom. The largest absolute Gasteiger partial charge is 0.490 e. The summed E-state index contributed by atoms with van der Waals surface area (Å²) in [5.41, 5.74) is 0. The minimum atomic E-state index is 0.380. The number of rotatable bonds is 11. The molecule has 0 aliphatic carbocycles. The first kappa shape index (κ1) is 25.9. The molecule has 0 saturated carbocycles. The van der Waals surface area contributed by atoms with Crippen molar-refractivity contribution < 1.29 is 23.7 Å². The van der Waals surface area contributed by atoms with E-state index < -0.39 is 0 Å². The van der Waals surface area contributed by atoms with Gasteiger partial charge in [-0.25, -0.2) is 9.97 Å². The molecule has 2 aromatic rings. The minimum absolute atomic E-state index is 0.380. The van der Waals surface area contributed by atoms with E-state index >= 15 is 0 Å². The van der Waals surface area contributed by atoms with E-state index in [9.17, 15) is 0 Å². The molecule has 0 aliphatic rings. The van der Waals surface area contributed by atoms with Gasteiger partial charge in [0.05, 0.1) is 20.3 Å². The van der Waals surface area contributed by atoms with E-state index in [1.165, 1.54) is 0 Å². The maximum Gasteiger partial charge on any atom is 0.256 e. The van der Waals surface area contributed by atoms with E-state index in [2.05, 4.69) is 41.8 Å². The number of aromatic nitrogens is 2. The van der Waals surface area contributed by atoms with Crippen LogP contribution < -0.4 is 14.2 Å². The molecular weight excluding hydrogens is 531 g/mol. The fourth-order valence-corrected chi connectivity index (χ4v) is 2.72. The average molecular weight is 557 g/mol. The molecule has 0 saturated heterocycles. The van der Waals surface area contributed by atoms with E-state index in [4.69, 9.17) is 35.3 Å². The molecule has 0 atom stereocenters. The average Bonchev–Trinajstić information content (AvgIpc) is 2.72. The van der Waals surface area contributed by atoms with Crippen LogP contribution in [-0.2, 0) is 9.47 Å². The summed E-state index contributed by atoms with van der Waals surface area (Å²) in [6, 6.07) is 3.63. The Kier molecular flexibility index (Phi) is 14.0. The van der Waals surface area contributed by atoms with Crippen molar-refractivity contribution in [1.29, 1.82) is 0 Å². The molecule has 29 heavy (non-hydrogen) atoms. The normalized spacial score (nSPS) is 10.1. The van der Waals surface area contributed by atoms with Crippen LogP contribution in [0, 0.1) is 0 Å². The Morgan fingerprint density at radius 3 is 1.86 bits per heavy atom. The maximum atomic E-state index is 5.82. The minimum Gasteiger partial charge on any atom is -0.490 e. The van der Waals surface area contributed by atoms with Crippen LogP contribution in [0.3, 0.4) is 0 Å². The molecule has 10 heteroatoms. The van der Waals surface area contributed by atoms with Gasteiger partial charge in [-0.05, 0) is 37.9 Å². The summed E-state index contributed by atoms with van der Waals surface area (Å²) in [6.45, 7) is 2.52. The van der Waals surface area contributed by atoms with Crippen LogP contribution in [0.15, 0.2) is 33.5 Å². The predicted molar refractivity (Wildman–Crippen MR) is 119 cm³/mol. The molecule has 2 aromatic heterocycles. The van der Waals surface area contributed by atoms with Crippen LogP contribution in [-0.4, -0.2) is 57.7 Å². The highest BCUT2D eigenvalue weighted by molar-refractivity contribution is 9.10. The number of hydrogen-bond acceptors (Lipinski definition) is 7. The standard InChI is InChI=1S/C10H14BrNO3.C9H11BrClNO2/c1-13-4-3-5-15-9-6-8(11)7-12-10(9)14-2;1-13-3-2-4-14-8-5-7(10)6-12-9(8)11/h6-7H,3-5H2,1-2H3;5-6H,2-4H2,1H3. The highest BCUT2D eigenvalue weighted by Crippen LogP contribution is 2.27. The highest BCUT2D eigenvalue weighted by atomic mass is 79.9. The molecule has 0 amide bonds. The second-order valence-corrected chi connectivity index (χ2v) is 7.68. The molecule has 0 fully saturated rings. The molecule has 7 nitrogen and oxygen atoms in total. The van der Waals surface area contributed by atoms with Crippen molar-refractivity contribution in [2.75, 3.05) is 47.8 Å². The van der Waals surface area contributed by atoms with E-state index in [1.54, 1.807) is 39.8 Å². The lowest BCUT2D eigenvalue weighted by Gasteiger charge is -2.09. The molecule has 2 heterocycles. The first-order valence-electron chi connectivity index (χ1n) is 8.75. The number of hydrogen-bond donors (Lipinski definition) is 0. The Labute approximate surface area is 193 Å². The molecule has 0 N–H and O–H groups in total. The number of ether oxygens (including phenoxy) is 5. The fourth-order valence-electron chi connectivity index (χ4n) is 1.94. The van der Waals surface area contributed by atoms with Crippen LogP contribution in [0.5, 0.6) is 17.4 Å². The third kappa shape index (κ3) is 11.0. The number of pyridine rings is 2. The Bertz CT molecular complexity index is 725. The lowest BCUT2D eigenvalue weighted by molar-refractivity contribution is 0.170. The van der Waals surface area contributed by atoms with Crippen molar-refractivity contribution in [3.63, 3.8) is 0 Å². The molecule has 0 bridgehead atoms. The fraction of sp³-hybridized carbons (Fsp3) is 0.474. The summed E-state index contributed by atoms with van der Waals surface area (Å²) in [4.78, 5) is 8.01. The van der Waals surface area contributed by atoms with E-state index in [0.717, 1.165) is 21.8 Å². The summed E-state index contributed by atoms with van der Waals surface area (Å²) in [6.07, 6.45) is 4.97. The van der Waals surface area contributed by atoms with E-state index in [-0.39, 0.29) is 0 Å². The van der Waals surface area contributed by atoms with E-state index in [0.29, 0.717) is 49.0 Å². The van der Waals surface area contributed by atoms with Crippen LogP contribution in [0.2, 0.25) is 5.15 Å². The third-order valence-corrected chi connectivity index (χ3v) is 4.40. The number of halogens is 3. The van der Waals surface area contributed by atoms with Gasteiger partial charge < -0.3 is 23.7 Å². The predicted octanol–water partition coefficient (Wildman–Crippen LogP) is 5.18. The zero-order chi connectivity index (χ0) is 21.5. The van der Waals surface area contributed by atoms with Crippen molar-refractivity contribution in [2.45, 2.75) is 12.8 Å². The number of nitrogens with zero attached hydrogens (tertiary/aromatic N) is 2. The monoisotopic (exact) mass is 554 g/mol. The Morgan fingerprint density at radius 2 is 1.31 bits per heavy atom. The lowest BCUT2D eigenvalue weighted by Crippen LogP contribution is -2.03. The van der Waals surface area contributed by atoms with Gasteiger partial charge >= 0.3 is 0 Å². The summed E-state index contributed by atoms with van der Waals surface area (Å²) < 4.78 is 27.5. The Hall–Kier alpha value is -1.13. The van der Waals surface area contributed by atoms with Gasteiger partial charge in [-0.3, -0.25) is 0 Å². The van der Waals surface area contributed by atoms with Crippen LogP contribution >= 0.6 is 43.5 Å². The quantitative estimate of drug-likeness (QED) is 0.279. The van der Waals surface area contributed by atoms with Gasteiger partial charge in [0.15, 0.2) is 16.7 Å². The van der Waals surface area contributed by atoms with Crippen molar-refractivity contribution in [3.8, 4) is 17.4 Å². The summed E-state index contributed by atoms with van der Waals surface area (Å²) in [5, 5.41) is 0.380. The van der Waals surface area contributed by atoms with Crippen molar-refractivity contribution in [1.82, 2.24) is 9.97 Å². The molecule has 162 valence electrons. The summed E-state index contributed by atoms with van der Waals surface area (Å²) >= 11 is 12.4. The zero-order valence-corrected chi connectivity index (χ0v) is 20.5. The van der Waals surface area contributed by atoms with Gasteiger partial charge in [0, 0.05) is 67.7 Å². The van der Waals surface area contributed by atoms with Gasteiger partial charge in [0.1, 0.15) is 0 Å². The van der Waals surface area contributed by atoms with Crippen molar-refractivity contribution in [2.24, 2.45) is 0 Å². The van der Waals surface area contributed by atoms with Gasteiger partial charge in [0.2, 0.25) is 0 Å². The lowest BCUT2D eigenvalue weighted by atomic mass is 10.4. The summed E-state index contributed by atoms with van der Waals surface area (Å²) in [7, 11) is 4.90. The van der Waals surface area contributed by atoms with Gasteiger partial charge in [0.25, 0.3) is 5.88 Å². The zero-order valence-electron chi connectivity index (χ0n) is 16.6. The molecule has 0 unspecified atom stereocenters. The van der Waals surface area contributed by atoms with Gasteiger partial charge in [-0.1, -0.05) is 11.6 Å². The van der Waals surface area contributed by atoms with Gasteiger partial charge in [-0.15, -0.1) is 0 Å².